The quantitative estimate of drug-likeness (QED) is 0.233. The Morgan fingerprint density at radius 1 is 0.452 bits per heavy atom. The monoisotopic (exact) mass is 596 g/mol. The molecule has 0 spiro atoms. The minimum atomic E-state index is -0.402. The number of hydrogen-bond donors (Lipinski definition) is 0. The molecular formula is C34H60O8. The Bertz CT molecular complexity index is 906. The van der Waals surface area contributed by atoms with Crippen LogP contribution in [0.5, 0.6) is 0 Å². The molecule has 0 fully saturated rings. The zero-order valence-electron chi connectivity index (χ0n) is 29.5. The number of ketones is 8. The molecule has 0 saturated carbocycles. The van der Waals surface area contributed by atoms with Crippen LogP contribution in [0.4, 0.5) is 0 Å². The summed E-state index contributed by atoms with van der Waals surface area (Å²) in [5.41, 5.74) is -1.17. The van der Waals surface area contributed by atoms with E-state index < -0.39 is 10.8 Å². The van der Waals surface area contributed by atoms with E-state index in [1.807, 2.05) is 76.2 Å². The molecule has 0 heterocycles. The molecule has 0 aliphatic rings. The van der Waals surface area contributed by atoms with Crippen molar-refractivity contribution in [3.63, 3.8) is 0 Å². The lowest BCUT2D eigenvalue weighted by molar-refractivity contribution is -0.135. The first-order valence-corrected chi connectivity index (χ1v) is 14.6. The van der Waals surface area contributed by atoms with Crippen LogP contribution < -0.4 is 0 Å². The molecule has 0 aliphatic carbocycles. The van der Waals surface area contributed by atoms with Crippen LogP contribution >= 0.6 is 0 Å². The standard InChI is InChI=1S/C11H20O2.2C8H14O2.C7H12O2/c1-10(2,3)8(12)7-9(13)11(4,5)6;1-6(9)5-7(10)8(2,3)4;1-6(2)4-8(10)5-7(3)9;1-5(2)7(9)4-6(3)8/h7H2,1-6H3;5H2,1-4H3;6H,4-5H2,1-3H3;5H,4H2,1-3H3. The number of hydrogen-bond acceptors (Lipinski definition) is 8. The molecule has 244 valence electrons. The molecule has 0 amide bonds. The van der Waals surface area contributed by atoms with Crippen LogP contribution in [0.1, 0.15) is 143 Å². The predicted molar refractivity (Wildman–Crippen MR) is 168 cm³/mol. The zero-order valence-corrected chi connectivity index (χ0v) is 29.5. The summed E-state index contributed by atoms with van der Waals surface area (Å²) in [6, 6.07) is 0. The summed E-state index contributed by atoms with van der Waals surface area (Å²) < 4.78 is 0. The largest absolute Gasteiger partial charge is 0.300 e. The van der Waals surface area contributed by atoms with Crippen LogP contribution in [0.2, 0.25) is 0 Å². The average molecular weight is 597 g/mol. The van der Waals surface area contributed by atoms with Gasteiger partial charge in [-0.1, -0.05) is 90.0 Å². The second-order valence-corrected chi connectivity index (χ2v) is 14.6. The third kappa shape index (κ3) is 31.9. The minimum Gasteiger partial charge on any atom is -0.300 e. The normalized spacial score (nSPS) is 11.1. The van der Waals surface area contributed by atoms with Crippen molar-refractivity contribution in [3.05, 3.63) is 0 Å². The Morgan fingerprint density at radius 2 is 0.738 bits per heavy atom. The van der Waals surface area contributed by atoms with Crippen molar-refractivity contribution >= 4 is 46.3 Å². The van der Waals surface area contributed by atoms with Gasteiger partial charge in [-0.25, -0.2) is 0 Å². The lowest BCUT2D eigenvalue weighted by atomic mass is 9.82. The fourth-order valence-corrected chi connectivity index (χ4v) is 2.42. The van der Waals surface area contributed by atoms with Crippen LogP contribution in [-0.2, 0) is 38.4 Å². The molecule has 0 saturated heterocycles. The van der Waals surface area contributed by atoms with E-state index in [0.717, 1.165) is 0 Å². The lowest BCUT2D eigenvalue weighted by Crippen LogP contribution is -2.28. The Morgan fingerprint density at radius 3 is 0.905 bits per heavy atom. The molecule has 0 aromatic carbocycles. The first-order chi connectivity index (χ1) is 18.4. The minimum absolute atomic E-state index is 0.00565. The van der Waals surface area contributed by atoms with Gasteiger partial charge in [-0.3, -0.25) is 38.4 Å². The highest BCUT2D eigenvalue weighted by Crippen LogP contribution is 2.22. The summed E-state index contributed by atoms with van der Waals surface area (Å²) in [6.07, 6.45) is 0.867. The smallest absolute Gasteiger partial charge is 0.145 e. The second-order valence-electron chi connectivity index (χ2n) is 14.6. The van der Waals surface area contributed by atoms with Crippen molar-refractivity contribution in [2.45, 2.75) is 143 Å². The fraction of sp³-hybridized carbons (Fsp3) is 0.765. The van der Waals surface area contributed by atoms with Crippen molar-refractivity contribution in [2.75, 3.05) is 0 Å². The Balaban J connectivity index is -0.000000232. The molecule has 0 unspecified atom stereocenters. The van der Waals surface area contributed by atoms with E-state index in [-0.39, 0.29) is 83.3 Å². The summed E-state index contributed by atoms with van der Waals surface area (Å²) >= 11 is 0. The van der Waals surface area contributed by atoms with E-state index in [4.69, 9.17) is 0 Å². The molecule has 8 nitrogen and oxygen atoms in total. The van der Waals surface area contributed by atoms with E-state index in [1.54, 1.807) is 13.8 Å². The second kappa shape index (κ2) is 21.1. The van der Waals surface area contributed by atoms with Crippen LogP contribution in [-0.4, -0.2) is 46.3 Å². The highest BCUT2D eigenvalue weighted by molar-refractivity contribution is 6.03. The third-order valence-electron chi connectivity index (χ3n) is 5.39. The van der Waals surface area contributed by atoms with Gasteiger partial charge < -0.3 is 0 Å². The fourth-order valence-electron chi connectivity index (χ4n) is 2.42. The lowest BCUT2D eigenvalue weighted by Gasteiger charge is -2.20. The van der Waals surface area contributed by atoms with Gasteiger partial charge in [0.05, 0.1) is 25.7 Å². The molecule has 0 rings (SSSR count). The number of rotatable bonds is 11. The molecule has 0 bridgehead atoms. The number of carbonyl (C=O) groups is 8. The number of Topliss-reactive ketones (excluding diaryl/α,β-unsaturated/α-hetero) is 8. The predicted octanol–water partition coefficient (Wildman–Crippen LogP) is 6.96. The van der Waals surface area contributed by atoms with Crippen LogP contribution in [0.3, 0.4) is 0 Å². The average Bonchev–Trinajstić information content (AvgIpc) is 2.70. The summed E-state index contributed by atoms with van der Waals surface area (Å²) in [7, 11) is 0. The van der Waals surface area contributed by atoms with E-state index in [1.165, 1.54) is 20.8 Å². The van der Waals surface area contributed by atoms with E-state index >= 15 is 0 Å². The van der Waals surface area contributed by atoms with Gasteiger partial charge in [0.15, 0.2) is 0 Å². The summed E-state index contributed by atoms with van der Waals surface area (Å²) in [5.74, 6) is 0.366. The Labute approximate surface area is 255 Å². The summed E-state index contributed by atoms with van der Waals surface area (Å²) in [5, 5.41) is 0. The molecule has 0 atom stereocenters. The maximum Gasteiger partial charge on any atom is 0.145 e. The van der Waals surface area contributed by atoms with Gasteiger partial charge in [-0.15, -0.1) is 0 Å². The van der Waals surface area contributed by atoms with Crippen LogP contribution in [0.25, 0.3) is 0 Å². The van der Waals surface area contributed by atoms with Gasteiger partial charge in [0.25, 0.3) is 0 Å². The highest BCUT2D eigenvalue weighted by Gasteiger charge is 2.29. The first-order valence-electron chi connectivity index (χ1n) is 14.6. The Hall–Kier alpha value is -2.64. The van der Waals surface area contributed by atoms with E-state index in [0.29, 0.717) is 12.3 Å². The summed E-state index contributed by atoms with van der Waals surface area (Å²) in [6.45, 7) is 28.3. The highest BCUT2D eigenvalue weighted by atomic mass is 16.2. The first kappa shape index (κ1) is 46.3. The van der Waals surface area contributed by atoms with Crippen molar-refractivity contribution < 1.29 is 38.4 Å². The Kier molecular flexibility index (Phi) is 23.3. The van der Waals surface area contributed by atoms with Crippen LogP contribution in [0.15, 0.2) is 0 Å². The van der Waals surface area contributed by atoms with Gasteiger partial charge in [0.1, 0.15) is 46.3 Å². The third-order valence-corrected chi connectivity index (χ3v) is 5.39. The van der Waals surface area contributed by atoms with Crippen molar-refractivity contribution in [3.8, 4) is 0 Å². The van der Waals surface area contributed by atoms with E-state index in [9.17, 15) is 38.4 Å². The molecular weight excluding hydrogens is 536 g/mol. The van der Waals surface area contributed by atoms with Crippen LogP contribution in [0, 0.1) is 28.1 Å². The molecule has 0 radical (unpaired) electrons. The summed E-state index contributed by atoms with van der Waals surface area (Å²) in [4.78, 5) is 86.9. The van der Waals surface area contributed by atoms with Crippen molar-refractivity contribution in [2.24, 2.45) is 28.1 Å². The zero-order chi connectivity index (χ0) is 34.8. The van der Waals surface area contributed by atoms with Gasteiger partial charge >= 0.3 is 0 Å². The molecule has 42 heavy (non-hydrogen) atoms. The van der Waals surface area contributed by atoms with Gasteiger partial charge in [-0.2, -0.15) is 0 Å². The topological polar surface area (TPSA) is 137 Å². The van der Waals surface area contributed by atoms with Gasteiger partial charge in [-0.05, 0) is 26.7 Å². The van der Waals surface area contributed by atoms with E-state index in [2.05, 4.69) is 0 Å². The maximum atomic E-state index is 11.5. The van der Waals surface area contributed by atoms with Gasteiger partial charge in [0.2, 0.25) is 0 Å². The molecule has 0 N–H and O–H groups in total. The molecule has 0 aromatic heterocycles. The maximum absolute atomic E-state index is 11.5. The molecule has 0 aliphatic heterocycles. The SMILES string of the molecule is CC(=O)CC(=O)C(C)(C)C.CC(=O)CC(=O)C(C)C.CC(=O)CC(=O)CC(C)C.CC(C)(C)C(=O)CC(=O)C(C)(C)C. The molecule has 8 heteroatoms. The molecule has 0 aromatic rings. The van der Waals surface area contributed by atoms with Gasteiger partial charge in [0, 0.05) is 28.6 Å². The van der Waals surface area contributed by atoms with Crippen molar-refractivity contribution in [1.82, 2.24) is 0 Å². The van der Waals surface area contributed by atoms with Crippen molar-refractivity contribution in [1.29, 1.82) is 0 Å². The number of carbonyl (C=O) groups excluding carboxylic acids is 8.